The molecule has 0 saturated heterocycles. The van der Waals surface area contributed by atoms with Gasteiger partial charge in [-0.15, -0.1) is 0 Å². The molecule has 9 aromatic rings. The molecule has 0 amide bonds. The van der Waals surface area contributed by atoms with E-state index in [1.54, 1.807) is 0 Å². The molecule has 9 rings (SSSR count). The molecule has 103 heavy (non-hydrogen) atoms. The third-order valence-electron chi connectivity index (χ3n) is 19.5. The topological polar surface area (TPSA) is 110 Å². The van der Waals surface area contributed by atoms with E-state index in [2.05, 4.69) is 327 Å². The van der Waals surface area contributed by atoms with Crippen molar-refractivity contribution in [2.75, 3.05) is 39.5 Å². The van der Waals surface area contributed by atoms with Crippen molar-refractivity contribution in [2.45, 2.75) is 313 Å². The molecular formula is C90H132NO9P3. The molecule has 10 nitrogen and oxygen atoms in total. The molecule has 0 fully saturated rings. The third-order valence-corrected chi connectivity index (χ3v) is 24.9. The van der Waals surface area contributed by atoms with Crippen molar-refractivity contribution in [3.8, 4) is 17.2 Å². The minimum atomic E-state index is -1.42. The van der Waals surface area contributed by atoms with Crippen molar-refractivity contribution in [3.05, 3.63) is 123 Å². The van der Waals surface area contributed by atoms with Crippen LogP contribution in [-0.4, -0.2) is 44.4 Å². The molecule has 0 aliphatic carbocycles. The fourth-order valence-electron chi connectivity index (χ4n) is 13.2. The van der Waals surface area contributed by atoms with Gasteiger partial charge in [-0.1, -0.05) is 205 Å². The monoisotopic (exact) mass is 1460 g/mol. The molecular weight excluding hydrogens is 1330 g/mol. The standard InChI is InChI=1S/C90H132NO9P3/c1-79(2,3)55-43-64(82(10,11)12)73-61-49-58(52-67(85(19,20)21)76(61)98-101(88(28,29)30)95-70(73)46-55)92-40-37-91(38-41-93-59-50-62-74-65(83(13,14)15)44-56(80(4,5)6)47-71(74)96-102(89(31,32)33)99-77(62)68(53-59)86(22,23)24)39-42-94-60-51-63-75-66(84(16,17)18)45-57(81(7,8)9)48-72(75)97-103(90(34,35)36)100-78(63)69(54-60)87(25,26)27/h43-54H,37-42H2,1-36H3. The highest BCUT2D eigenvalue weighted by Crippen LogP contribution is 2.55. The van der Waals surface area contributed by atoms with E-state index in [0.717, 1.165) is 99.8 Å². The Kier molecular flexibility index (Phi) is 22.0. The second-order valence-corrected chi connectivity index (χ2v) is 48.4. The molecule has 13 heteroatoms. The van der Waals surface area contributed by atoms with E-state index in [1.165, 1.54) is 33.4 Å². The predicted octanol–water partition coefficient (Wildman–Crippen LogP) is 29.3. The minimum Gasteiger partial charge on any atom is -0.492 e. The summed E-state index contributed by atoms with van der Waals surface area (Å²) in [6.07, 6.45) is 0. The van der Waals surface area contributed by atoms with Gasteiger partial charge in [-0.25, -0.2) is 0 Å². The van der Waals surface area contributed by atoms with Gasteiger partial charge in [0.2, 0.25) is 24.0 Å². The maximum atomic E-state index is 7.31. The lowest BCUT2D eigenvalue weighted by Gasteiger charge is -2.27. The molecule has 0 bridgehead atoms. The average molecular weight is 1460 g/mol. The quantitative estimate of drug-likeness (QED) is 0.117. The fraction of sp³-hybridized carbons (Fsp3) is 0.600. The molecule has 566 valence electrons. The SMILES string of the molecule is CC(C)(C)c1cc(C(C)(C)C)c2c(c1)op(C(C)(C)C)oc1c(C(C)(C)C)cc(OCCN(CCOc3cc(C(C)(C)C)c4op(C(C)(C)C)oc5cc(C(C)(C)C)cc(C(C)(C)C)c5c4c3)CCOc3cc(C(C)(C)C)c4op(C(C)(C)C)oc5cc(C(C)(C)C)cc(C(C)(C)C)c5c4c3)cc12. The van der Waals surface area contributed by atoms with Crippen molar-refractivity contribution in [2.24, 2.45) is 0 Å². The maximum Gasteiger partial charge on any atom is 0.222 e. The summed E-state index contributed by atoms with van der Waals surface area (Å²) in [7, 11) is -4.27. The van der Waals surface area contributed by atoms with Gasteiger partial charge in [0.25, 0.3) is 0 Å². The lowest BCUT2D eigenvalue weighted by atomic mass is 9.78. The fourth-order valence-corrected chi connectivity index (χ4v) is 17.0. The zero-order valence-electron chi connectivity index (χ0n) is 70.6. The van der Waals surface area contributed by atoms with Crippen molar-refractivity contribution in [1.82, 2.24) is 4.90 Å². The minimum absolute atomic E-state index is 0.118. The van der Waals surface area contributed by atoms with Gasteiger partial charge in [0, 0.05) is 68.6 Å². The highest BCUT2D eigenvalue weighted by molar-refractivity contribution is 7.39. The van der Waals surface area contributed by atoms with Crippen LogP contribution < -0.4 is 14.2 Å². The van der Waals surface area contributed by atoms with E-state index in [1.807, 2.05) is 0 Å². The molecule has 0 aliphatic rings. The average Bonchev–Trinajstić information content (AvgIpc) is 1.70. The number of fused-ring (bicyclic) bond motifs is 9. The van der Waals surface area contributed by atoms with Crippen LogP contribution in [0.15, 0.2) is 98.0 Å². The Hall–Kier alpha value is -5.62. The summed E-state index contributed by atoms with van der Waals surface area (Å²) in [5.41, 5.74) is 13.8. The molecule has 3 aromatic heterocycles. The van der Waals surface area contributed by atoms with Crippen molar-refractivity contribution < 1.29 is 39.4 Å². The van der Waals surface area contributed by atoms with Gasteiger partial charge in [0.1, 0.15) is 70.6 Å². The first-order valence-electron chi connectivity index (χ1n) is 37.8. The first-order valence-corrected chi connectivity index (χ1v) is 41.4. The van der Waals surface area contributed by atoms with Gasteiger partial charge < -0.3 is 39.4 Å². The molecule has 0 saturated carbocycles. The van der Waals surface area contributed by atoms with Gasteiger partial charge in [-0.05, 0) is 199 Å². The van der Waals surface area contributed by atoms with Crippen molar-refractivity contribution in [3.63, 3.8) is 0 Å². The lowest BCUT2D eigenvalue weighted by molar-refractivity contribution is 0.153. The Morgan fingerprint density at radius 2 is 0.466 bits per heavy atom. The van der Waals surface area contributed by atoms with Crippen LogP contribution in [0.3, 0.4) is 0 Å². The molecule has 6 aromatic carbocycles. The number of nitrogens with zero attached hydrogens (tertiary/aromatic N) is 1. The highest BCUT2D eigenvalue weighted by atomic mass is 31.1. The predicted molar refractivity (Wildman–Crippen MR) is 445 cm³/mol. The Balaban J connectivity index is 1.20. The van der Waals surface area contributed by atoms with Gasteiger partial charge in [-0.2, -0.15) is 0 Å². The van der Waals surface area contributed by atoms with Crippen LogP contribution in [0.2, 0.25) is 0 Å². The zero-order chi connectivity index (χ0) is 77.3. The summed E-state index contributed by atoms with van der Waals surface area (Å²) in [4.78, 5) is 2.42. The lowest BCUT2D eigenvalue weighted by Crippen LogP contribution is -2.35. The molecule has 0 spiro atoms. The summed E-state index contributed by atoms with van der Waals surface area (Å²) >= 11 is 0. The van der Waals surface area contributed by atoms with E-state index in [9.17, 15) is 0 Å². The summed E-state index contributed by atoms with van der Waals surface area (Å²) in [5, 5.41) is 5.35. The first-order chi connectivity index (χ1) is 46.6. The smallest absolute Gasteiger partial charge is 0.222 e. The van der Waals surface area contributed by atoms with Crippen molar-refractivity contribution >= 4 is 89.9 Å². The van der Waals surface area contributed by atoms with E-state index in [-0.39, 0.29) is 64.2 Å². The molecule has 3 heterocycles. The van der Waals surface area contributed by atoms with Crippen molar-refractivity contribution in [1.29, 1.82) is 0 Å². The summed E-state index contributed by atoms with van der Waals surface area (Å²) in [5.74, 6) is 2.34. The number of hydrogen-bond donors (Lipinski definition) is 0. The van der Waals surface area contributed by atoms with Gasteiger partial charge >= 0.3 is 0 Å². The van der Waals surface area contributed by atoms with Crippen LogP contribution in [0, 0.1) is 0 Å². The first kappa shape index (κ1) is 81.5. The number of rotatable bonds is 12. The zero-order valence-corrected chi connectivity index (χ0v) is 73.3. The maximum absolute atomic E-state index is 7.31. The van der Waals surface area contributed by atoms with Gasteiger partial charge in [0.05, 0.1) is 15.5 Å². The normalized spacial score (nSPS) is 14.5. The Bertz CT molecular complexity index is 4300. The van der Waals surface area contributed by atoms with Gasteiger partial charge in [-0.3, -0.25) is 4.90 Å². The molecule has 0 N–H and O–H groups in total. The molecule has 0 aliphatic heterocycles. The summed E-state index contributed by atoms with van der Waals surface area (Å²) in [6, 6.07) is 27.3. The van der Waals surface area contributed by atoms with Gasteiger partial charge in [0.15, 0.2) is 0 Å². The third kappa shape index (κ3) is 18.3. The molecule has 3 atom stereocenters. The van der Waals surface area contributed by atoms with Crippen LogP contribution in [0.4, 0.5) is 0 Å². The molecule has 3 unspecified atom stereocenters. The summed E-state index contributed by atoms with van der Waals surface area (Å²) in [6.45, 7) is 84.6. The van der Waals surface area contributed by atoms with Crippen LogP contribution in [0.5, 0.6) is 17.2 Å². The van der Waals surface area contributed by atoms with E-state index >= 15 is 0 Å². The van der Waals surface area contributed by atoms with E-state index in [4.69, 9.17) is 39.4 Å². The number of benzene rings is 6. The Labute approximate surface area is 623 Å². The van der Waals surface area contributed by atoms with Crippen LogP contribution in [0.25, 0.3) is 65.8 Å². The highest BCUT2D eigenvalue weighted by Gasteiger charge is 2.35. The van der Waals surface area contributed by atoms with Crippen LogP contribution >= 0.6 is 24.0 Å². The van der Waals surface area contributed by atoms with Crippen LogP contribution in [-0.2, 0) is 64.2 Å². The second-order valence-electron chi connectivity index (χ2n) is 41.7. The largest absolute Gasteiger partial charge is 0.492 e. The van der Waals surface area contributed by atoms with E-state index < -0.39 is 24.0 Å². The van der Waals surface area contributed by atoms with E-state index in [0.29, 0.717) is 39.5 Å². The Morgan fingerprint density at radius 3 is 0.650 bits per heavy atom. The Morgan fingerprint density at radius 1 is 0.252 bits per heavy atom. The van der Waals surface area contributed by atoms with Crippen LogP contribution in [0.1, 0.15) is 299 Å². The summed E-state index contributed by atoms with van der Waals surface area (Å²) < 4.78 is 65.2. The second kappa shape index (κ2) is 27.9. The number of hydrogen-bond acceptors (Lipinski definition) is 10. The molecule has 0 radical (unpaired) electrons. The number of ether oxygens (including phenoxy) is 3.